The number of ether oxygens (including phenoxy) is 1. The molecule has 7 nitrogen and oxygen atoms in total. The Morgan fingerprint density at radius 1 is 1.09 bits per heavy atom. The quantitative estimate of drug-likeness (QED) is 0.367. The van der Waals surface area contributed by atoms with Gasteiger partial charge in [0.15, 0.2) is 0 Å². The van der Waals surface area contributed by atoms with Crippen molar-refractivity contribution >= 4 is 63.4 Å². The Bertz CT molecular complexity index is 1300. The number of para-hydroxylation sites is 1. The number of anilines is 2. The van der Waals surface area contributed by atoms with Crippen LogP contribution in [-0.4, -0.2) is 27.6 Å². The number of fused-ring (bicyclic) bond motifs is 1. The van der Waals surface area contributed by atoms with E-state index in [4.69, 9.17) is 39.5 Å². The van der Waals surface area contributed by atoms with E-state index in [2.05, 4.69) is 20.6 Å². The number of hydrogen-bond acceptors (Lipinski definition) is 5. The molecule has 0 atom stereocenters. The predicted octanol–water partition coefficient (Wildman–Crippen LogP) is 5.61. The summed E-state index contributed by atoms with van der Waals surface area (Å²) in [5.74, 6) is 0.585. The van der Waals surface area contributed by atoms with Crippen LogP contribution in [0.15, 0.2) is 48.7 Å². The highest BCUT2D eigenvalue weighted by atomic mass is 35.5. The van der Waals surface area contributed by atoms with E-state index in [1.807, 2.05) is 11.6 Å². The third kappa shape index (κ3) is 4.32. The molecule has 0 spiro atoms. The maximum absolute atomic E-state index is 12.9. The van der Waals surface area contributed by atoms with Gasteiger partial charge in [-0.2, -0.15) is 0 Å². The molecule has 0 unspecified atom stereocenters. The van der Waals surface area contributed by atoms with E-state index in [1.165, 1.54) is 7.11 Å². The first-order chi connectivity index (χ1) is 15.4. The Labute approximate surface area is 199 Å². The van der Waals surface area contributed by atoms with Crippen molar-refractivity contribution in [1.29, 1.82) is 0 Å². The predicted molar refractivity (Wildman–Crippen MR) is 127 cm³/mol. The highest BCUT2D eigenvalue weighted by Gasteiger charge is 2.19. The number of imidazole rings is 1. The highest BCUT2D eigenvalue weighted by molar-refractivity contribution is 6.39. The summed E-state index contributed by atoms with van der Waals surface area (Å²) in [5.41, 5.74) is 2.82. The summed E-state index contributed by atoms with van der Waals surface area (Å²) >= 11 is 18.7. The standard InChI is InChI=1S/C22H18Cl3N5O2/c1-30-18-10-19(32-2)12(21(31)27-11-17-13(23)7-4-8-26-17)9-16(18)28-22(30)29-20-14(24)5-3-6-15(20)25/h3-10H,11H2,1-2H3,(H,27,31)(H,28,29). The number of carbonyl (C=O) groups is 1. The number of nitrogens with zero attached hydrogens (tertiary/aromatic N) is 3. The summed E-state index contributed by atoms with van der Waals surface area (Å²) in [4.78, 5) is 21.7. The van der Waals surface area contributed by atoms with Gasteiger partial charge in [0.2, 0.25) is 5.95 Å². The number of halogens is 3. The third-order valence-corrected chi connectivity index (χ3v) is 5.87. The van der Waals surface area contributed by atoms with Gasteiger partial charge in [0.25, 0.3) is 5.91 Å². The zero-order valence-electron chi connectivity index (χ0n) is 17.1. The number of aryl methyl sites for hydroxylation is 1. The first-order valence-corrected chi connectivity index (χ1v) is 10.7. The minimum atomic E-state index is -0.334. The van der Waals surface area contributed by atoms with Crippen molar-refractivity contribution in [2.45, 2.75) is 6.54 Å². The van der Waals surface area contributed by atoms with Gasteiger partial charge >= 0.3 is 0 Å². The third-order valence-electron chi connectivity index (χ3n) is 4.90. The van der Waals surface area contributed by atoms with Crippen molar-refractivity contribution in [3.8, 4) is 5.75 Å². The first kappa shape index (κ1) is 22.2. The minimum absolute atomic E-state index is 0.180. The van der Waals surface area contributed by atoms with Crippen molar-refractivity contribution in [2.75, 3.05) is 12.4 Å². The summed E-state index contributed by atoms with van der Waals surface area (Å²) in [7, 11) is 3.34. The number of hydrogen-bond donors (Lipinski definition) is 2. The van der Waals surface area contributed by atoms with Gasteiger partial charge in [-0.3, -0.25) is 9.78 Å². The molecule has 1 amide bonds. The molecule has 0 saturated carbocycles. The number of benzene rings is 2. The Kier molecular flexibility index (Phi) is 6.41. The maximum Gasteiger partial charge on any atom is 0.255 e. The van der Waals surface area contributed by atoms with Crippen molar-refractivity contribution in [1.82, 2.24) is 19.9 Å². The number of rotatable bonds is 6. The van der Waals surface area contributed by atoms with Crippen LogP contribution >= 0.6 is 34.8 Å². The van der Waals surface area contributed by atoms with Gasteiger partial charge in [-0.05, 0) is 30.3 Å². The van der Waals surface area contributed by atoms with Crippen LogP contribution in [0.5, 0.6) is 5.75 Å². The number of aromatic nitrogens is 3. The second kappa shape index (κ2) is 9.24. The van der Waals surface area contributed by atoms with Crippen LogP contribution < -0.4 is 15.4 Å². The van der Waals surface area contributed by atoms with Gasteiger partial charge in [-0.1, -0.05) is 40.9 Å². The summed E-state index contributed by atoms with van der Waals surface area (Å²) < 4.78 is 7.29. The molecule has 0 aliphatic carbocycles. The fourth-order valence-corrected chi connectivity index (χ4v) is 3.89. The summed E-state index contributed by atoms with van der Waals surface area (Å²) in [6, 6.07) is 12.1. The molecule has 32 heavy (non-hydrogen) atoms. The van der Waals surface area contributed by atoms with E-state index in [-0.39, 0.29) is 12.5 Å². The number of methoxy groups -OCH3 is 1. The fourth-order valence-electron chi connectivity index (χ4n) is 3.21. The molecule has 4 rings (SSSR count). The van der Waals surface area contributed by atoms with Crippen molar-refractivity contribution in [3.63, 3.8) is 0 Å². The lowest BCUT2D eigenvalue weighted by Crippen LogP contribution is -2.24. The number of carbonyl (C=O) groups excluding carboxylic acids is 1. The highest BCUT2D eigenvalue weighted by Crippen LogP contribution is 2.34. The molecule has 0 fully saturated rings. The Hall–Kier alpha value is -3.00. The van der Waals surface area contributed by atoms with Gasteiger partial charge in [0.1, 0.15) is 5.75 Å². The van der Waals surface area contributed by atoms with Gasteiger partial charge < -0.3 is 19.9 Å². The molecular formula is C22H18Cl3N5O2. The van der Waals surface area contributed by atoms with Crippen LogP contribution in [0.25, 0.3) is 11.0 Å². The van der Waals surface area contributed by atoms with Gasteiger partial charge in [-0.15, -0.1) is 0 Å². The van der Waals surface area contributed by atoms with Gasteiger partial charge in [0, 0.05) is 19.3 Å². The van der Waals surface area contributed by atoms with Crippen molar-refractivity contribution in [2.24, 2.45) is 7.05 Å². The molecule has 2 heterocycles. The lowest BCUT2D eigenvalue weighted by molar-refractivity contribution is 0.0947. The molecule has 0 aliphatic heterocycles. The largest absolute Gasteiger partial charge is 0.496 e. The molecule has 0 bridgehead atoms. The van der Waals surface area contributed by atoms with Crippen LogP contribution in [0.1, 0.15) is 16.1 Å². The van der Waals surface area contributed by atoms with E-state index < -0.39 is 0 Å². The van der Waals surface area contributed by atoms with E-state index in [9.17, 15) is 4.79 Å². The summed E-state index contributed by atoms with van der Waals surface area (Å²) in [6.45, 7) is 0.180. The molecule has 0 aliphatic rings. The van der Waals surface area contributed by atoms with Crippen LogP contribution in [0.3, 0.4) is 0 Å². The summed E-state index contributed by atoms with van der Waals surface area (Å²) in [6.07, 6.45) is 1.62. The van der Waals surface area contributed by atoms with Crippen LogP contribution in [0.4, 0.5) is 11.6 Å². The van der Waals surface area contributed by atoms with Gasteiger partial charge in [0.05, 0.1) is 56.7 Å². The molecule has 10 heteroatoms. The van der Waals surface area contributed by atoms with E-state index >= 15 is 0 Å². The van der Waals surface area contributed by atoms with Crippen LogP contribution in [0.2, 0.25) is 15.1 Å². The van der Waals surface area contributed by atoms with E-state index in [0.29, 0.717) is 49.2 Å². The Morgan fingerprint density at radius 2 is 1.81 bits per heavy atom. The molecule has 0 saturated heterocycles. The monoisotopic (exact) mass is 489 g/mol. The number of pyridine rings is 1. The smallest absolute Gasteiger partial charge is 0.255 e. The van der Waals surface area contributed by atoms with Crippen molar-refractivity contribution < 1.29 is 9.53 Å². The lowest BCUT2D eigenvalue weighted by Gasteiger charge is -2.11. The topological polar surface area (TPSA) is 81.1 Å². The SMILES string of the molecule is COc1cc2c(cc1C(=O)NCc1ncccc1Cl)nc(Nc1c(Cl)cccc1Cl)n2C. The molecule has 164 valence electrons. The number of amides is 1. The van der Waals surface area contributed by atoms with E-state index in [1.54, 1.807) is 48.7 Å². The van der Waals surface area contributed by atoms with Crippen LogP contribution in [0, 0.1) is 0 Å². The van der Waals surface area contributed by atoms with Gasteiger partial charge in [-0.25, -0.2) is 4.98 Å². The molecular weight excluding hydrogens is 473 g/mol. The normalized spacial score (nSPS) is 10.9. The molecule has 2 aromatic heterocycles. The lowest BCUT2D eigenvalue weighted by atomic mass is 10.1. The zero-order chi connectivity index (χ0) is 22.8. The van der Waals surface area contributed by atoms with Crippen LogP contribution in [-0.2, 0) is 13.6 Å². The molecule has 2 aromatic carbocycles. The number of nitrogens with one attached hydrogen (secondary N) is 2. The Balaban J connectivity index is 1.66. The first-order valence-electron chi connectivity index (χ1n) is 9.52. The average molecular weight is 491 g/mol. The second-order valence-corrected chi connectivity index (χ2v) is 8.09. The molecule has 2 N–H and O–H groups in total. The Morgan fingerprint density at radius 3 is 2.50 bits per heavy atom. The average Bonchev–Trinajstić information content (AvgIpc) is 3.09. The summed E-state index contributed by atoms with van der Waals surface area (Å²) in [5, 5.41) is 7.40. The molecule has 4 aromatic rings. The second-order valence-electron chi connectivity index (χ2n) is 6.87. The van der Waals surface area contributed by atoms with E-state index in [0.717, 1.165) is 5.52 Å². The maximum atomic E-state index is 12.9. The minimum Gasteiger partial charge on any atom is -0.496 e. The molecule has 0 radical (unpaired) electrons. The fraction of sp³-hybridized carbons (Fsp3) is 0.136. The zero-order valence-corrected chi connectivity index (χ0v) is 19.4. The van der Waals surface area contributed by atoms with Crippen molar-refractivity contribution in [3.05, 3.63) is 75.0 Å².